The van der Waals surface area contributed by atoms with Crippen molar-refractivity contribution < 1.29 is 9.53 Å². The first-order chi connectivity index (χ1) is 10.0. The topological polar surface area (TPSA) is 45.7 Å². The minimum atomic E-state index is -0.131. The predicted octanol–water partition coefficient (Wildman–Crippen LogP) is 1.95. The maximum Gasteiger partial charge on any atom is 0.307 e. The maximum absolute atomic E-state index is 11.8. The van der Waals surface area contributed by atoms with Crippen molar-refractivity contribution in [3.8, 4) is 0 Å². The average Bonchev–Trinajstić information content (AvgIpc) is 2.93. The minimum absolute atomic E-state index is 0.131. The van der Waals surface area contributed by atoms with Gasteiger partial charge >= 0.3 is 5.97 Å². The molecule has 1 saturated heterocycles. The second kappa shape index (κ2) is 7.87. The van der Waals surface area contributed by atoms with Crippen LogP contribution in [0.5, 0.6) is 0 Å². The van der Waals surface area contributed by atoms with E-state index in [-0.39, 0.29) is 5.97 Å². The summed E-state index contributed by atoms with van der Waals surface area (Å²) >= 11 is 1.49. The molecular formula is C15H25N3O2S. The number of nitrogens with zero attached hydrogens (tertiary/aromatic N) is 3. The van der Waals surface area contributed by atoms with Gasteiger partial charge in [0.05, 0.1) is 12.1 Å². The highest BCUT2D eigenvalue weighted by Crippen LogP contribution is 2.20. The van der Waals surface area contributed by atoms with Crippen LogP contribution in [0.2, 0.25) is 0 Å². The molecule has 0 radical (unpaired) electrons. The maximum atomic E-state index is 11.8. The van der Waals surface area contributed by atoms with E-state index < -0.39 is 0 Å². The average molecular weight is 311 g/mol. The van der Waals surface area contributed by atoms with Gasteiger partial charge in [-0.05, 0) is 30.6 Å². The highest BCUT2D eigenvalue weighted by Gasteiger charge is 2.15. The summed E-state index contributed by atoms with van der Waals surface area (Å²) in [7, 11) is 2.13. The van der Waals surface area contributed by atoms with E-state index in [1.165, 1.54) is 16.4 Å². The fraction of sp³-hybridized carbons (Fsp3) is 0.733. The number of carbonyl (C=O) groups excluding carboxylic acids is 1. The molecule has 1 aromatic rings. The Hall–Kier alpha value is -0.980. The molecule has 0 spiro atoms. The molecule has 118 valence electrons. The van der Waals surface area contributed by atoms with Crippen LogP contribution in [0, 0.1) is 0 Å². The lowest BCUT2D eigenvalue weighted by Gasteiger charge is -2.31. The van der Waals surface area contributed by atoms with Gasteiger partial charge < -0.3 is 14.5 Å². The first kappa shape index (κ1) is 16.4. The van der Waals surface area contributed by atoms with Crippen LogP contribution < -0.4 is 0 Å². The molecule has 0 unspecified atom stereocenters. The Labute approximate surface area is 131 Å². The second-order valence-corrected chi connectivity index (χ2v) is 6.77. The molecule has 0 atom stereocenters. The van der Waals surface area contributed by atoms with E-state index in [2.05, 4.69) is 35.1 Å². The van der Waals surface area contributed by atoms with Crippen LogP contribution in [0.4, 0.5) is 0 Å². The van der Waals surface area contributed by atoms with E-state index in [9.17, 15) is 4.79 Å². The van der Waals surface area contributed by atoms with E-state index in [0.29, 0.717) is 18.9 Å². The Bertz CT molecular complexity index is 454. The molecule has 2 heterocycles. The van der Waals surface area contributed by atoms with Crippen molar-refractivity contribution in [3.63, 3.8) is 0 Å². The summed E-state index contributed by atoms with van der Waals surface area (Å²) in [6, 6.07) is 2.03. The molecule has 6 heteroatoms. The fourth-order valence-corrected chi connectivity index (χ4v) is 2.94. The van der Waals surface area contributed by atoms with Gasteiger partial charge in [-0.25, -0.2) is 0 Å². The minimum Gasteiger partial charge on any atom is -0.459 e. The van der Waals surface area contributed by atoms with Gasteiger partial charge in [0.15, 0.2) is 0 Å². The van der Waals surface area contributed by atoms with Gasteiger partial charge in [0.2, 0.25) is 0 Å². The molecule has 0 amide bonds. The van der Waals surface area contributed by atoms with Crippen LogP contribution >= 0.6 is 11.5 Å². The van der Waals surface area contributed by atoms with Gasteiger partial charge in [0.25, 0.3) is 0 Å². The molecule has 0 aliphatic carbocycles. The zero-order valence-corrected chi connectivity index (χ0v) is 14.0. The van der Waals surface area contributed by atoms with Crippen molar-refractivity contribution in [1.82, 2.24) is 14.2 Å². The second-order valence-electron chi connectivity index (χ2n) is 5.93. The van der Waals surface area contributed by atoms with Gasteiger partial charge in [-0.15, -0.1) is 0 Å². The molecule has 0 saturated carbocycles. The SMILES string of the molecule is CC(C)c1cc(COC(=O)CCN2CCN(C)CC2)ns1. The molecule has 1 aromatic heterocycles. The highest BCUT2D eigenvalue weighted by molar-refractivity contribution is 7.05. The van der Waals surface area contributed by atoms with Gasteiger partial charge in [-0.1, -0.05) is 13.8 Å². The molecule has 0 aromatic carbocycles. The van der Waals surface area contributed by atoms with Crippen LogP contribution in [-0.2, 0) is 16.1 Å². The van der Waals surface area contributed by atoms with Gasteiger partial charge in [0, 0.05) is 37.6 Å². The number of hydrogen-bond donors (Lipinski definition) is 0. The lowest BCUT2D eigenvalue weighted by atomic mass is 10.2. The third-order valence-electron chi connectivity index (χ3n) is 3.76. The number of hydrogen-bond acceptors (Lipinski definition) is 6. The standard InChI is InChI=1S/C15H25N3O2S/c1-12(2)14-10-13(16-21-14)11-20-15(19)4-5-18-8-6-17(3)7-9-18/h10,12H,4-9,11H2,1-3H3. The van der Waals surface area contributed by atoms with Gasteiger partial charge in [-0.2, -0.15) is 4.37 Å². The summed E-state index contributed by atoms with van der Waals surface area (Å²) in [5.74, 6) is 0.345. The van der Waals surface area contributed by atoms with Crippen molar-refractivity contribution in [2.75, 3.05) is 39.8 Å². The highest BCUT2D eigenvalue weighted by atomic mass is 32.1. The van der Waals surface area contributed by atoms with E-state index in [1.807, 2.05) is 6.07 Å². The lowest BCUT2D eigenvalue weighted by Crippen LogP contribution is -2.45. The van der Waals surface area contributed by atoms with Crippen LogP contribution in [0.1, 0.15) is 36.8 Å². The lowest BCUT2D eigenvalue weighted by molar-refractivity contribution is -0.145. The van der Waals surface area contributed by atoms with Crippen molar-refractivity contribution in [2.45, 2.75) is 32.8 Å². The number of esters is 1. The van der Waals surface area contributed by atoms with Crippen molar-refractivity contribution in [3.05, 3.63) is 16.6 Å². The monoisotopic (exact) mass is 311 g/mol. The first-order valence-corrected chi connectivity index (χ1v) is 8.34. The third kappa shape index (κ3) is 5.37. The summed E-state index contributed by atoms with van der Waals surface area (Å²) in [5, 5.41) is 0. The fourth-order valence-electron chi connectivity index (χ4n) is 2.22. The molecule has 1 aliphatic rings. The zero-order chi connectivity index (χ0) is 15.2. The van der Waals surface area contributed by atoms with Crippen molar-refractivity contribution >= 4 is 17.5 Å². The molecule has 1 aliphatic heterocycles. The van der Waals surface area contributed by atoms with Gasteiger partial charge in [-0.3, -0.25) is 4.79 Å². The Kier molecular flexibility index (Phi) is 6.14. The normalized spacial score (nSPS) is 17.3. The molecule has 2 rings (SSSR count). The van der Waals surface area contributed by atoms with E-state index >= 15 is 0 Å². The molecule has 21 heavy (non-hydrogen) atoms. The zero-order valence-electron chi connectivity index (χ0n) is 13.2. The molecule has 5 nitrogen and oxygen atoms in total. The quantitative estimate of drug-likeness (QED) is 0.751. The van der Waals surface area contributed by atoms with Crippen molar-refractivity contribution in [1.29, 1.82) is 0 Å². The van der Waals surface area contributed by atoms with Crippen LogP contribution in [0.25, 0.3) is 0 Å². The summed E-state index contributed by atoms with van der Waals surface area (Å²) in [6.07, 6.45) is 0.463. The first-order valence-electron chi connectivity index (χ1n) is 7.56. The largest absolute Gasteiger partial charge is 0.459 e. The van der Waals surface area contributed by atoms with Crippen molar-refractivity contribution in [2.24, 2.45) is 0 Å². The van der Waals surface area contributed by atoms with E-state index in [4.69, 9.17) is 4.74 Å². The van der Waals surface area contributed by atoms with E-state index in [0.717, 1.165) is 38.4 Å². The molecule has 0 N–H and O–H groups in total. The molecule has 1 fully saturated rings. The Morgan fingerprint density at radius 3 is 2.71 bits per heavy atom. The summed E-state index contributed by atoms with van der Waals surface area (Å²) in [4.78, 5) is 17.6. The predicted molar refractivity (Wildman–Crippen MR) is 84.6 cm³/mol. The van der Waals surface area contributed by atoms with Crippen LogP contribution in [-0.4, -0.2) is 59.9 Å². The number of aromatic nitrogens is 1. The smallest absolute Gasteiger partial charge is 0.307 e. The Balaban J connectivity index is 1.65. The summed E-state index contributed by atoms with van der Waals surface area (Å²) in [6.45, 7) is 9.59. The third-order valence-corrected chi connectivity index (χ3v) is 4.88. The van der Waals surface area contributed by atoms with Gasteiger partial charge in [0.1, 0.15) is 6.61 Å². The van der Waals surface area contributed by atoms with E-state index in [1.54, 1.807) is 0 Å². The number of piperazine rings is 1. The number of likely N-dealkylation sites (N-methyl/N-ethyl adjacent to an activating group) is 1. The number of rotatable bonds is 6. The Morgan fingerprint density at radius 2 is 2.10 bits per heavy atom. The van der Waals surface area contributed by atoms with Crippen LogP contribution in [0.3, 0.4) is 0 Å². The Morgan fingerprint density at radius 1 is 1.38 bits per heavy atom. The number of carbonyl (C=O) groups is 1. The molecular weight excluding hydrogens is 286 g/mol. The molecule has 0 bridgehead atoms. The number of ether oxygens (including phenoxy) is 1. The summed E-state index contributed by atoms with van der Waals surface area (Å²) in [5.41, 5.74) is 0.858. The van der Waals surface area contributed by atoms with Crippen LogP contribution in [0.15, 0.2) is 6.07 Å². The summed E-state index contributed by atoms with van der Waals surface area (Å²) < 4.78 is 9.62.